The maximum Gasteiger partial charge on any atom is 0.190 e. The van der Waals surface area contributed by atoms with Gasteiger partial charge in [0.05, 0.1) is 6.10 Å². The smallest absolute Gasteiger partial charge is 0.190 e. The van der Waals surface area contributed by atoms with Gasteiger partial charge in [-0.3, -0.25) is 4.99 Å². The second kappa shape index (κ2) is 13.3. The van der Waals surface area contributed by atoms with E-state index in [1.165, 1.54) is 71.2 Å². The molecule has 0 aromatic carbocycles. The average molecular weight is 368 g/mol. The normalized spacial score (nSPS) is 21.5. The van der Waals surface area contributed by atoms with Crippen LogP contribution in [0.25, 0.3) is 0 Å². The van der Waals surface area contributed by atoms with Crippen LogP contribution < -0.4 is 10.6 Å². The van der Waals surface area contributed by atoms with E-state index in [0.29, 0.717) is 6.10 Å². The number of rotatable bonds is 9. The lowest BCUT2D eigenvalue weighted by Crippen LogP contribution is -2.39. The fraction of sp³-hybridized carbons (Fsp3) is 0.950. The summed E-state index contributed by atoms with van der Waals surface area (Å²) in [6.07, 6.45) is 10.6. The van der Waals surface area contributed by atoms with Crippen molar-refractivity contribution in [3.05, 3.63) is 0 Å². The van der Waals surface area contributed by atoms with Gasteiger partial charge in [0.15, 0.2) is 5.96 Å². The van der Waals surface area contributed by atoms with E-state index < -0.39 is 0 Å². The molecule has 0 aromatic rings. The summed E-state index contributed by atoms with van der Waals surface area (Å²) in [5.41, 5.74) is 0. The van der Waals surface area contributed by atoms with Gasteiger partial charge in [-0.2, -0.15) is 0 Å². The van der Waals surface area contributed by atoms with Crippen LogP contribution in [0.4, 0.5) is 0 Å². The second-order valence-electron chi connectivity index (χ2n) is 7.76. The van der Waals surface area contributed by atoms with Gasteiger partial charge in [-0.1, -0.05) is 19.3 Å². The molecule has 0 bridgehead atoms. The zero-order valence-corrected chi connectivity index (χ0v) is 17.1. The first-order chi connectivity index (χ1) is 12.8. The van der Waals surface area contributed by atoms with E-state index in [4.69, 9.17) is 4.74 Å². The molecule has 0 radical (unpaired) electrons. The maximum atomic E-state index is 5.97. The quantitative estimate of drug-likeness (QED) is 0.370. The average Bonchev–Trinajstić information content (AvgIpc) is 2.88. The van der Waals surface area contributed by atoms with Crippen LogP contribution in [0.15, 0.2) is 4.99 Å². The SMILES string of the molecule is CN=C(NCCCOC1CCCCC1)NCCCN1CCCN(C)CC1. The Hall–Kier alpha value is -0.850. The van der Waals surface area contributed by atoms with Gasteiger partial charge in [-0.15, -0.1) is 0 Å². The molecular formula is C20H41N5O. The summed E-state index contributed by atoms with van der Waals surface area (Å²) in [6, 6.07) is 0. The van der Waals surface area contributed by atoms with E-state index >= 15 is 0 Å². The molecule has 2 rings (SSSR count). The number of hydrogen-bond donors (Lipinski definition) is 2. The standard InChI is InChI=1S/C20H41N5O/c1-21-20(23-12-7-18-26-19-9-4-3-5-10-19)22-11-6-14-25-15-8-13-24(2)16-17-25/h19H,3-18H2,1-2H3,(H2,21,22,23). The van der Waals surface area contributed by atoms with Crippen LogP contribution in [0, 0.1) is 0 Å². The van der Waals surface area contributed by atoms with Crippen LogP contribution in [-0.2, 0) is 4.74 Å². The van der Waals surface area contributed by atoms with E-state index in [9.17, 15) is 0 Å². The second-order valence-corrected chi connectivity index (χ2v) is 7.76. The van der Waals surface area contributed by atoms with E-state index in [2.05, 4.69) is 32.5 Å². The Kier molecular flexibility index (Phi) is 11.0. The maximum absolute atomic E-state index is 5.97. The molecule has 2 aliphatic rings. The van der Waals surface area contributed by atoms with Crippen molar-refractivity contribution < 1.29 is 4.74 Å². The van der Waals surface area contributed by atoms with E-state index in [-0.39, 0.29) is 0 Å². The zero-order valence-electron chi connectivity index (χ0n) is 17.1. The Morgan fingerprint density at radius 1 is 0.962 bits per heavy atom. The number of aliphatic imine (C=N–C) groups is 1. The number of guanidine groups is 1. The molecule has 1 aliphatic heterocycles. The number of nitrogens with zero attached hydrogens (tertiary/aromatic N) is 3. The molecule has 26 heavy (non-hydrogen) atoms. The molecule has 6 nitrogen and oxygen atoms in total. The molecule has 0 atom stereocenters. The summed E-state index contributed by atoms with van der Waals surface area (Å²) in [5, 5.41) is 6.83. The third-order valence-corrected chi connectivity index (χ3v) is 5.50. The van der Waals surface area contributed by atoms with Crippen molar-refractivity contribution in [3.8, 4) is 0 Å². The molecule has 1 saturated carbocycles. The van der Waals surface area contributed by atoms with Gasteiger partial charge in [-0.05, 0) is 58.8 Å². The third kappa shape index (κ3) is 9.19. The van der Waals surface area contributed by atoms with Crippen LogP contribution in [0.1, 0.15) is 51.4 Å². The van der Waals surface area contributed by atoms with Crippen molar-refractivity contribution in [3.63, 3.8) is 0 Å². The van der Waals surface area contributed by atoms with Gasteiger partial charge in [0.2, 0.25) is 0 Å². The minimum atomic E-state index is 0.514. The highest BCUT2D eigenvalue weighted by Gasteiger charge is 2.13. The lowest BCUT2D eigenvalue weighted by atomic mass is 9.98. The molecule has 6 heteroatoms. The molecule has 0 unspecified atom stereocenters. The fourth-order valence-corrected chi connectivity index (χ4v) is 3.81. The zero-order chi connectivity index (χ0) is 18.5. The highest BCUT2D eigenvalue weighted by molar-refractivity contribution is 5.79. The van der Waals surface area contributed by atoms with Gasteiger partial charge in [-0.25, -0.2) is 0 Å². The van der Waals surface area contributed by atoms with Crippen molar-refractivity contribution in [2.45, 2.75) is 57.5 Å². The monoisotopic (exact) mass is 367 g/mol. The molecule has 152 valence electrons. The fourth-order valence-electron chi connectivity index (χ4n) is 3.81. The minimum absolute atomic E-state index is 0.514. The first kappa shape index (κ1) is 21.5. The summed E-state index contributed by atoms with van der Waals surface area (Å²) < 4.78 is 5.97. The molecule has 0 amide bonds. The third-order valence-electron chi connectivity index (χ3n) is 5.50. The molecule has 2 fully saturated rings. The van der Waals surface area contributed by atoms with Gasteiger partial charge in [0, 0.05) is 39.8 Å². The molecule has 0 aromatic heterocycles. The molecular weight excluding hydrogens is 326 g/mol. The summed E-state index contributed by atoms with van der Waals surface area (Å²) in [6.45, 7) is 8.79. The Balaban J connectivity index is 1.45. The minimum Gasteiger partial charge on any atom is -0.378 e. The van der Waals surface area contributed by atoms with Crippen molar-refractivity contribution >= 4 is 5.96 Å². The van der Waals surface area contributed by atoms with Gasteiger partial charge in [0.1, 0.15) is 0 Å². The summed E-state index contributed by atoms with van der Waals surface area (Å²) in [5.74, 6) is 0.915. The van der Waals surface area contributed by atoms with Crippen LogP contribution in [0.2, 0.25) is 0 Å². The van der Waals surface area contributed by atoms with Crippen molar-refractivity contribution in [2.24, 2.45) is 4.99 Å². The van der Waals surface area contributed by atoms with Gasteiger partial charge >= 0.3 is 0 Å². The van der Waals surface area contributed by atoms with Crippen LogP contribution in [-0.4, -0.2) is 88.4 Å². The molecule has 1 aliphatic carbocycles. The van der Waals surface area contributed by atoms with Crippen LogP contribution in [0.3, 0.4) is 0 Å². The van der Waals surface area contributed by atoms with Crippen molar-refractivity contribution in [2.75, 3.05) is 66.5 Å². The first-order valence-corrected chi connectivity index (χ1v) is 10.7. The van der Waals surface area contributed by atoms with Gasteiger partial charge < -0.3 is 25.2 Å². The largest absolute Gasteiger partial charge is 0.378 e. The van der Waals surface area contributed by atoms with Crippen LogP contribution in [0.5, 0.6) is 0 Å². The van der Waals surface area contributed by atoms with E-state index in [0.717, 1.165) is 38.5 Å². The molecule has 1 heterocycles. The lowest BCUT2D eigenvalue weighted by Gasteiger charge is -2.22. The van der Waals surface area contributed by atoms with Crippen LogP contribution >= 0.6 is 0 Å². The van der Waals surface area contributed by atoms with Crippen molar-refractivity contribution in [1.82, 2.24) is 20.4 Å². The molecule has 2 N–H and O–H groups in total. The number of hydrogen-bond acceptors (Lipinski definition) is 4. The number of likely N-dealkylation sites (N-methyl/N-ethyl adjacent to an activating group) is 1. The van der Waals surface area contributed by atoms with Gasteiger partial charge in [0.25, 0.3) is 0 Å². The highest BCUT2D eigenvalue weighted by atomic mass is 16.5. The summed E-state index contributed by atoms with van der Waals surface area (Å²) >= 11 is 0. The lowest BCUT2D eigenvalue weighted by molar-refractivity contribution is 0.0277. The van der Waals surface area contributed by atoms with Crippen molar-refractivity contribution in [1.29, 1.82) is 0 Å². The highest BCUT2D eigenvalue weighted by Crippen LogP contribution is 2.20. The Bertz CT molecular complexity index is 384. The van der Waals surface area contributed by atoms with E-state index in [1.54, 1.807) is 0 Å². The van der Waals surface area contributed by atoms with E-state index in [1.807, 2.05) is 7.05 Å². The predicted molar refractivity (Wildman–Crippen MR) is 110 cm³/mol. The Labute approximate surface area is 160 Å². The number of nitrogens with one attached hydrogen (secondary N) is 2. The molecule has 0 spiro atoms. The first-order valence-electron chi connectivity index (χ1n) is 10.7. The Morgan fingerprint density at radius 2 is 1.73 bits per heavy atom. The summed E-state index contributed by atoms with van der Waals surface area (Å²) in [4.78, 5) is 9.34. The Morgan fingerprint density at radius 3 is 2.50 bits per heavy atom. The predicted octanol–water partition coefficient (Wildman–Crippen LogP) is 1.92. The summed E-state index contributed by atoms with van der Waals surface area (Å²) in [7, 11) is 4.07. The topological polar surface area (TPSA) is 52.1 Å². The number of ether oxygens (including phenoxy) is 1. The molecule has 1 saturated heterocycles.